The predicted octanol–water partition coefficient (Wildman–Crippen LogP) is 2.73. The highest BCUT2D eigenvalue weighted by molar-refractivity contribution is 7.80. The molecule has 2 heterocycles. The molecular formula is C13H12ClN3O3S. The molecule has 0 radical (unpaired) electrons. The summed E-state index contributed by atoms with van der Waals surface area (Å²) in [5.41, 5.74) is 0.297. The lowest BCUT2D eigenvalue weighted by Gasteiger charge is -2.27. The third kappa shape index (κ3) is 2.26. The lowest BCUT2D eigenvalue weighted by atomic mass is 10.0. The second-order valence-electron chi connectivity index (χ2n) is 5.05. The quantitative estimate of drug-likeness (QED) is 0.475. The predicted molar refractivity (Wildman–Crippen MR) is 82.5 cm³/mol. The fourth-order valence-corrected chi connectivity index (χ4v) is 3.47. The van der Waals surface area contributed by atoms with Crippen LogP contribution in [0.2, 0.25) is 5.02 Å². The van der Waals surface area contributed by atoms with Gasteiger partial charge in [0.05, 0.1) is 15.6 Å². The van der Waals surface area contributed by atoms with Crippen LogP contribution in [0.3, 0.4) is 0 Å². The topological polar surface area (TPSA) is 66.7 Å². The van der Waals surface area contributed by atoms with E-state index in [1.54, 1.807) is 0 Å². The lowest BCUT2D eigenvalue weighted by molar-refractivity contribution is -0.384. The van der Waals surface area contributed by atoms with E-state index in [0.717, 1.165) is 25.8 Å². The molecule has 2 aliphatic rings. The molecule has 0 aliphatic carbocycles. The van der Waals surface area contributed by atoms with Crippen LogP contribution < -0.4 is 4.90 Å². The van der Waals surface area contributed by atoms with Gasteiger partial charge in [0.25, 0.3) is 11.6 Å². The van der Waals surface area contributed by atoms with E-state index in [9.17, 15) is 14.9 Å². The van der Waals surface area contributed by atoms with Crippen LogP contribution in [0.1, 0.15) is 19.3 Å². The van der Waals surface area contributed by atoms with Gasteiger partial charge >= 0.3 is 0 Å². The summed E-state index contributed by atoms with van der Waals surface area (Å²) in [7, 11) is 0. The summed E-state index contributed by atoms with van der Waals surface area (Å²) in [6.45, 7) is 0.760. The molecule has 0 spiro atoms. The van der Waals surface area contributed by atoms with Crippen LogP contribution in [0, 0.1) is 10.1 Å². The van der Waals surface area contributed by atoms with Gasteiger partial charge in [-0.05, 0) is 37.5 Å². The number of amides is 1. The first-order chi connectivity index (χ1) is 10.0. The van der Waals surface area contributed by atoms with Crippen LogP contribution in [-0.4, -0.2) is 33.4 Å². The summed E-state index contributed by atoms with van der Waals surface area (Å²) in [4.78, 5) is 26.1. The Bertz CT molecular complexity index is 628. The average Bonchev–Trinajstić information content (AvgIpc) is 2.72. The largest absolute Gasteiger partial charge is 0.336 e. The Kier molecular flexibility index (Phi) is 3.54. The van der Waals surface area contributed by atoms with Gasteiger partial charge in [-0.1, -0.05) is 11.6 Å². The number of nitro benzene ring substituents is 1. The maximum absolute atomic E-state index is 12.5. The summed E-state index contributed by atoms with van der Waals surface area (Å²) >= 11 is 11.5. The highest BCUT2D eigenvalue weighted by Gasteiger charge is 2.44. The van der Waals surface area contributed by atoms with Gasteiger partial charge in [0, 0.05) is 18.7 Å². The molecule has 0 bridgehead atoms. The molecule has 21 heavy (non-hydrogen) atoms. The Morgan fingerprint density at radius 3 is 2.76 bits per heavy atom. The molecule has 0 aromatic heterocycles. The molecule has 2 saturated heterocycles. The van der Waals surface area contributed by atoms with E-state index < -0.39 is 4.92 Å². The van der Waals surface area contributed by atoms with E-state index in [1.165, 1.54) is 23.1 Å². The third-order valence-electron chi connectivity index (χ3n) is 3.83. The zero-order valence-corrected chi connectivity index (χ0v) is 12.6. The molecule has 3 rings (SSSR count). The lowest BCUT2D eigenvalue weighted by Crippen LogP contribution is -2.38. The molecule has 2 fully saturated rings. The van der Waals surface area contributed by atoms with Gasteiger partial charge in [0.2, 0.25) is 0 Å². The minimum absolute atomic E-state index is 0.101. The molecule has 1 aromatic rings. The van der Waals surface area contributed by atoms with Crippen molar-refractivity contribution in [2.24, 2.45) is 0 Å². The first-order valence-corrected chi connectivity index (χ1v) is 7.38. The van der Waals surface area contributed by atoms with Gasteiger partial charge in [-0.15, -0.1) is 0 Å². The first-order valence-electron chi connectivity index (χ1n) is 6.59. The Morgan fingerprint density at radius 2 is 2.14 bits per heavy atom. The van der Waals surface area contributed by atoms with E-state index in [2.05, 4.69) is 0 Å². The smallest absolute Gasteiger partial charge is 0.271 e. The van der Waals surface area contributed by atoms with Gasteiger partial charge in [-0.25, -0.2) is 0 Å². The summed E-state index contributed by atoms with van der Waals surface area (Å²) in [5.74, 6) is -0.101. The standard InChI is InChI=1S/C13H12ClN3O3S/c14-9-7-8(17(19)20)4-5-10(9)16-12(18)11-3-1-2-6-15(11)13(16)21/h4-5,7,11H,1-3,6H2. The second kappa shape index (κ2) is 5.23. The number of carbonyl (C=O) groups excluding carboxylic acids is 1. The monoisotopic (exact) mass is 325 g/mol. The van der Waals surface area contributed by atoms with Crippen molar-refractivity contribution in [3.8, 4) is 0 Å². The van der Waals surface area contributed by atoms with Gasteiger partial charge in [-0.3, -0.25) is 19.8 Å². The first kappa shape index (κ1) is 14.2. The molecule has 6 nitrogen and oxygen atoms in total. The minimum atomic E-state index is -0.525. The maximum atomic E-state index is 12.5. The number of carbonyl (C=O) groups is 1. The number of halogens is 1. The van der Waals surface area contributed by atoms with Crippen molar-refractivity contribution in [1.82, 2.24) is 4.90 Å². The van der Waals surface area contributed by atoms with E-state index in [1.807, 2.05) is 4.90 Å². The third-order valence-corrected chi connectivity index (χ3v) is 4.55. The molecule has 110 valence electrons. The van der Waals surface area contributed by atoms with Crippen molar-refractivity contribution in [1.29, 1.82) is 0 Å². The van der Waals surface area contributed by atoms with Crippen molar-refractivity contribution < 1.29 is 9.72 Å². The summed E-state index contributed by atoms with van der Waals surface area (Å²) < 4.78 is 0. The molecule has 1 aromatic carbocycles. The van der Waals surface area contributed by atoms with E-state index in [4.69, 9.17) is 23.8 Å². The van der Waals surface area contributed by atoms with Crippen LogP contribution in [0.15, 0.2) is 18.2 Å². The van der Waals surface area contributed by atoms with Crippen LogP contribution in [-0.2, 0) is 4.79 Å². The number of hydrogen-bond donors (Lipinski definition) is 0. The van der Waals surface area contributed by atoms with Gasteiger partial charge in [-0.2, -0.15) is 0 Å². The Labute approximate surface area is 131 Å². The van der Waals surface area contributed by atoms with Crippen LogP contribution in [0.5, 0.6) is 0 Å². The Balaban J connectivity index is 1.98. The zero-order chi connectivity index (χ0) is 15.1. The number of fused-ring (bicyclic) bond motifs is 1. The van der Waals surface area contributed by atoms with Crippen molar-refractivity contribution in [2.75, 3.05) is 11.4 Å². The van der Waals surface area contributed by atoms with Crippen molar-refractivity contribution in [3.63, 3.8) is 0 Å². The van der Waals surface area contributed by atoms with Crippen LogP contribution >= 0.6 is 23.8 Å². The summed E-state index contributed by atoms with van der Waals surface area (Å²) in [6, 6.07) is 3.82. The van der Waals surface area contributed by atoms with Gasteiger partial charge in [0.15, 0.2) is 5.11 Å². The number of thiocarbonyl (C=S) groups is 1. The van der Waals surface area contributed by atoms with Crippen molar-refractivity contribution >= 4 is 46.2 Å². The van der Waals surface area contributed by atoms with Crippen molar-refractivity contribution in [3.05, 3.63) is 33.3 Å². The Hall–Kier alpha value is -1.73. The zero-order valence-electron chi connectivity index (χ0n) is 11.0. The van der Waals surface area contributed by atoms with E-state index >= 15 is 0 Å². The maximum Gasteiger partial charge on any atom is 0.271 e. The molecule has 2 aliphatic heterocycles. The fourth-order valence-electron chi connectivity index (χ4n) is 2.80. The van der Waals surface area contributed by atoms with Crippen LogP contribution in [0.25, 0.3) is 0 Å². The number of non-ortho nitro benzene ring substituents is 1. The summed E-state index contributed by atoms with van der Waals surface area (Å²) in [5, 5.41) is 11.3. The number of nitrogens with zero attached hydrogens (tertiary/aromatic N) is 3. The normalized spacial score (nSPS) is 21.7. The number of piperidine rings is 1. The molecular weight excluding hydrogens is 314 g/mol. The number of rotatable bonds is 2. The van der Waals surface area contributed by atoms with E-state index in [-0.39, 0.29) is 22.7 Å². The molecule has 8 heteroatoms. The fraction of sp³-hybridized carbons (Fsp3) is 0.385. The highest BCUT2D eigenvalue weighted by atomic mass is 35.5. The highest BCUT2D eigenvalue weighted by Crippen LogP contribution is 2.36. The second-order valence-corrected chi connectivity index (χ2v) is 5.83. The van der Waals surface area contributed by atoms with E-state index in [0.29, 0.717) is 10.8 Å². The molecule has 1 unspecified atom stereocenters. The minimum Gasteiger partial charge on any atom is -0.336 e. The number of benzene rings is 1. The molecule has 1 amide bonds. The molecule has 0 N–H and O–H groups in total. The number of hydrogen-bond acceptors (Lipinski definition) is 4. The summed E-state index contributed by atoms with van der Waals surface area (Å²) in [6.07, 6.45) is 2.78. The number of nitro groups is 1. The SMILES string of the molecule is O=C1C2CCCCN2C(=S)N1c1ccc([N+](=O)[O-])cc1Cl. The van der Waals surface area contributed by atoms with Gasteiger partial charge in [0.1, 0.15) is 6.04 Å². The van der Waals surface area contributed by atoms with Gasteiger partial charge < -0.3 is 4.90 Å². The van der Waals surface area contributed by atoms with Crippen molar-refractivity contribution in [2.45, 2.75) is 25.3 Å². The molecule has 1 atom stereocenters. The number of anilines is 1. The van der Waals surface area contributed by atoms with Crippen LogP contribution in [0.4, 0.5) is 11.4 Å². The Morgan fingerprint density at radius 1 is 1.38 bits per heavy atom. The molecule has 0 saturated carbocycles. The average molecular weight is 326 g/mol.